The van der Waals surface area contributed by atoms with Crippen LogP contribution in [0, 0.1) is 6.92 Å². The standard InChI is InChI=1S/C13H19BrN2/c1-10-4-5-12(9-13(10)14)16-8-6-11-3-2-7-15-11/h4-5,9,11,15-16H,2-3,6-8H2,1H3. The first-order valence-corrected chi connectivity index (χ1v) is 6.78. The maximum absolute atomic E-state index is 3.55. The molecule has 0 aliphatic carbocycles. The average Bonchev–Trinajstić information content (AvgIpc) is 2.76. The lowest BCUT2D eigenvalue weighted by molar-refractivity contribution is 0.574. The smallest absolute Gasteiger partial charge is 0.0351 e. The van der Waals surface area contributed by atoms with Gasteiger partial charge < -0.3 is 10.6 Å². The van der Waals surface area contributed by atoms with E-state index < -0.39 is 0 Å². The topological polar surface area (TPSA) is 24.1 Å². The zero-order valence-corrected chi connectivity index (χ0v) is 11.3. The van der Waals surface area contributed by atoms with Crippen LogP contribution in [0.15, 0.2) is 22.7 Å². The Morgan fingerprint density at radius 3 is 3.06 bits per heavy atom. The molecule has 1 aliphatic rings. The second kappa shape index (κ2) is 5.69. The van der Waals surface area contributed by atoms with Gasteiger partial charge in [-0.1, -0.05) is 22.0 Å². The van der Waals surface area contributed by atoms with Crippen molar-refractivity contribution in [3.63, 3.8) is 0 Å². The largest absolute Gasteiger partial charge is 0.385 e. The van der Waals surface area contributed by atoms with Crippen LogP contribution in [0.3, 0.4) is 0 Å². The second-order valence-corrected chi connectivity index (χ2v) is 5.33. The first-order valence-electron chi connectivity index (χ1n) is 5.99. The highest BCUT2D eigenvalue weighted by Crippen LogP contribution is 2.20. The lowest BCUT2D eigenvalue weighted by Gasteiger charge is -2.12. The highest BCUT2D eigenvalue weighted by atomic mass is 79.9. The van der Waals surface area contributed by atoms with E-state index in [0.717, 1.165) is 12.6 Å². The van der Waals surface area contributed by atoms with Gasteiger partial charge in [-0.3, -0.25) is 0 Å². The molecular weight excluding hydrogens is 264 g/mol. The molecule has 0 saturated carbocycles. The van der Waals surface area contributed by atoms with Crippen LogP contribution in [-0.2, 0) is 0 Å². The summed E-state index contributed by atoms with van der Waals surface area (Å²) in [4.78, 5) is 0. The Labute approximate surface area is 106 Å². The van der Waals surface area contributed by atoms with Crippen molar-refractivity contribution in [3.05, 3.63) is 28.2 Å². The zero-order valence-electron chi connectivity index (χ0n) is 9.72. The third kappa shape index (κ3) is 3.22. The number of anilines is 1. The highest BCUT2D eigenvalue weighted by molar-refractivity contribution is 9.10. The van der Waals surface area contributed by atoms with Crippen LogP contribution in [0.2, 0.25) is 0 Å². The van der Waals surface area contributed by atoms with Crippen molar-refractivity contribution in [2.75, 3.05) is 18.4 Å². The molecule has 1 atom stereocenters. The Morgan fingerprint density at radius 2 is 2.38 bits per heavy atom. The molecule has 0 spiro atoms. The van der Waals surface area contributed by atoms with Gasteiger partial charge in [0.05, 0.1) is 0 Å². The van der Waals surface area contributed by atoms with E-state index in [1.165, 1.54) is 41.5 Å². The van der Waals surface area contributed by atoms with E-state index in [-0.39, 0.29) is 0 Å². The summed E-state index contributed by atoms with van der Waals surface area (Å²) in [6.07, 6.45) is 3.88. The predicted octanol–water partition coefficient (Wildman–Crippen LogP) is 3.31. The number of benzene rings is 1. The van der Waals surface area contributed by atoms with E-state index >= 15 is 0 Å². The van der Waals surface area contributed by atoms with Gasteiger partial charge in [0, 0.05) is 22.7 Å². The SMILES string of the molecule is Cc1ccc(NCCC2CCCN2)cc1Br. The fourth-order valence-electron chi connectivity index (χ4n) is 2.10. The summed E-state index contributed by atoms with van der Waals surface area (Å²) in [5.41, 5.74) is 2.48. The molecule has 2 nitrogen and oxygen atoms in total. The number of hydrogen-bond donors (Lipinski definition) is 2. The minimum absolute atomic E-state index is 0.724. The Hall–Kier alpha value is -0.540. The van der Waals surface area contributed by atoms with E-state index in [1.54, 1.807) is 0 Å². The molecule has 1 aromatic carbocycles. The minimum atomic E-state index is 0.724. The molecule has 2 rings (SSSR count). The molecule has 0 radical (unpaired) electrons. The second-order valence-electron chi connectivity index (χ2n) is 4.47. The van der Waals surface area contributed by atoms with Crippen molar-refractivity contribution in [1.29, 1.82) is 0 Å². The normalized spacial score (nSPS) is 20.0. The van der Waals surface area contributed by atoms with Gasteiger partial charge in [-0.15, -0.1) is 0 Å². The van der Waals surface area contributed by atoms with Crippen LogP contribution in [0.1, 0.15) is 24.8 Å². The van der Waals surface area contributed by atoms with Crippen molar-refractivity contribution >= 4 is 21.6 Å². The molecule has 0 bridgehead atoms. The van der Waals surface area contributed by atoms with Gasteiger partial charge in [-0.2, -0.15) is 0 Å². The van der Waals surface area contributed by atoms with Gasteiger partial charge >= 0.3 is 0 Å². The number of halogens is 1. The molecular formula is C13H19BrN2. The number of rotatable bonds is 4. The molecule has 1 unspecified atom stereocenters. The molecule has 0 amide bonds. The van der Waals surface area contributed by atoms with Crippen LogP contribution >= 0.6 is 15.9 Å². The van der Waals surface area contributed by atoms with Gasteiger partial charge in [-0.25, -0.2) is 0 Å². The summed E-state index contributed by atoms with van der Waals surface area (Å²) in [6.45, 7) is 4.35. The van der Waals surface area contributed by atoms with E-state index in [2.05, 4.69) is 51.7 Å². The van der Waals surface area contributed by atoms with E-state index in [4.69, 9.17) is 0 Å². The fraction of sp³-hybridized carbons (Fsp3) is 0.538. The summed E-state index contributed by atoms with van der Waals surface area (Å²) >= 11 is 3.55. The van der Waals surface area contributed by atoms with Gasteiger partial charge in [0.25, 0.3) is 0 Å². The third-order valence-electron chi connectivity index (χ3n) is 3.16. The predicted molar refractivity (Wildman–Crippen MR) is 73.0 cm³/mol. The van der Waals surface area contributed by atoms with Gasteiger partial charge in [0.1, 0.15) is 0 Å². The molecule has 1 heterocycles. The molecule has 1 fully saturated rings. The lowest BCUT2D eigenvalue weighted by Crippen LogP contribution is -2.24. The van der Waals surface area contributed by atoms with Crippen molar-refractivity contribution in [3.8, 4) is 0 Å². The lowest BCUT2D eigenvalue weighted by atomic mass is 10.1. The monoisotopic (exact) mass is 282 g/mol. The number of hydrogen-bond acceptors (Lipinski definition) is 2. The Kier molecular flexibility index (Phi) is 4.24. The van der Waals surface area contributed by atoms with E-state index in [9.17, 15) is 0 Å². The maximum atomic E-state index is 3.55. The Balaban J connectivity index is 1.78. The fourth-order valence-corrected chi connectivity index (χ4v) is 2.48. The van der Waals surface area contributed by atoms with Crippen molar-refractivity contribution in [2.45, 2.75) is 32.2 Å². The first kappa shape index (κ1) is 11.9. The van der Waals surface area contributed by atoms with Crippen LogP contribution in [0.25, 0.3) is 0 Å². The van der Waals surface area contributed by atoms with Gasteiger partial charge in [0.2, 0.25) is 0 Å². The molecule has 16 heavy (non-hydrogen) atoms. The first-order chi connectivity index (χ1) is 7.75. The third-order valence-corrected chi connectivity index (χ3v) is 4.01. The molecule has 1 saturated heterocycles. The van der Waals surface area contributed by atoms with Crippen molar-refractivity contribution < 1.29 is 0 Å². The van der Waals surface area contributed by atoms with Gasteiger partial charge in [-0.05, 0) is 50.4 Å². The zero-order chi connectivity index (χ0) is 11.4. The van der Waals surface area contributed by atoms with Crippen LogP contribution in [0.4, 0.5) is 5.69 Å². The molecule has 1 aliphatic heterocycles. The Bertz CT molecular complexity index is 346. The van der Waals surface area contributed by atoms with Gasteiger partial charge in [0.15, 0.2) is 0 Å². The van der Waals surface area contributed by atoms with Crippen LogP contribution < -0.4 is 10.6 Å². The Morgan fingerprint density at radius 1 is 1.50 bits per heavy atom. The molecule has 88 valence electrons. The quantitative estimate of drug-likeness (QED) is 0.886. The highest BCUT2D eigenvalue weighted by Gasteiger charge is 2.12. The van der Waals surface area contributed by atoms with Crippen LogP contribution in [0.5, 0.6) is 0 Å². The summed E-state index contributed by atoms with van der Waals surface area (Å²) in [5.74, 6) is 0. The van der Waals surface area contributed by atoms with Crippen molar-refractivity contribution in [2.24, 2.45) is 0 Å². The molecule has 0 aromatic heterocycles. The minimum Gasteiger partial charge on any atom is -0.385 e. The summed E-state index contributed by atoms with van der Waals surface area (Å²) in [7, 11) is 0. The molecule has 3 heteroatoms. The van der Waals surface area contributed by atoms with E-state index in [0.29, 0.717) is 0 Å². The molecule has 1 aromatic rings. The summed E-state index contributed by atoms with van der Waals surface area (Å²) < 4.78 is 1.18. The maximum Gasteiger partial charge on any atom is 0.0351 e. The van der Waals surface area contributed by atoms with Crippen molar-refractivity contribution in [1.82, 2.24) is 5.32 Å². The summed E-state index contributed by atoms with van der Waals surface area (Å²) in [5, 5.41) is 6.98. The van der Waals surface area contributed by atoms with Crippen LogP contribution in [-0.4, -0.2) is 19.1 Å². The van der Waals surface area contributed by atoms with E-state index in [1.807, 2.05) is 0 Å². The summed E-state index contributed by atoms with van der Waals surface area (Å²) in [6, 6.07) is 7.15. The number of nitrogens with one attached hydrogen (secondary N) is 2. The average molecular weight is 283 g/mol. The number of aryl methyl sites for hydroxylation is 1. The molecule has 2 N–H and O–H groups in total.